The van der Waals surface area contributed by atoms with E-state index < -0.39 is 0 Å². The van der Waals surface area contributed by atoms with E-state index in [0.29, 0.717) is 6.04 Å². The standard InChI is InChI=1S/C14H23BrN2/c1-4-12(3)17(5-2)11-10-16-14-8-6-13(15)7-9-14/h6-9,12,16H,4-5,10-11H2,1-3H3. The SMILES string of the molecule is CCC(C)N(CC)CCNc1ccc(Br)cc1. The van der Waals surface area contributed by atoms with Crippen LogP contribution in [0, 0.1) is 0 Å². The fourth-order valence-corrected chi connectivity index (χ4v) is 2.12. The minimum Gasteiger partial charge on any atom is -0.384 e. The van der Waals surface area contributed by atoms with Gasteiger partial charge in [-0.3, -0.25) is 4.90 Å². The molecule has 96 valence electrons. The maximum atomic E-state index is 3.45. The second-order valence-corrected chi connectivity index (χ2v) is 5.24. The van der Waals surface area contributed by atoms with Crippen molar-refractivity contribution in [1.29, 1.82) is 0 Å². The summed E-state index contributed by atoms with van der Waals surface area (Å²) in [6, 6.07) is 9.00. The van der Waals surface area contributed by atoms with E-state index in [9.17, 15) is 0 Å². The molecule has 1 N–H and O–H groups in total. The second kappa shape index (κ2) is 7.72. The molecule has 1 aromatic rings. The number of nitrogens with one attached hydrogen (secondary N) is 1. The summed E-state index contributed by atoms with van der Waals surface area (Å²) in [6.45, 7) is 9.99. The molecule has 1 atom stereocenters. The Kier molecular flexibility index (Phi) is 6.60. The fraction of sp³-hybridized carbons (Fsp3) is 0.571. The molecule has 0 amide bonds. The Labute approximate surface area is 114 Å². The summed E-state index contributed by atoms with van der Waals surface area (Å²) in [4.78, 5) is 2.51. The minimum absolute atomic E-state index is 0.673. The van der Waals surface area contributed by atoms with Crippen molar-refractivity contribution >= 4 is 21.6 Å². The third-order valence-corrected chi connectivity index (χ3v) is 3.72. The first-order chi connectivity index (χ1) is 8.17. The molecule has 0 spiro atoms. The normalized spacial score (nSPS) is 12.8. The number of anilines is 1. The molecule has 1 unspecified atom stereocenters. The van der Waals surface area contributed by atoms with Gasteiger partial charge in [0.2, 0.25) is 0 Å². The summed E-state index contributed by atoms with van der Waals surface area (Å²) >= 11 is 3.44. The Bertz CT molecular complexity index is 311. The lowest BCUT2D eigenvalue weighted by Gasteiger charge is -2.27. The lowest BCUT2D eigenvalue weighted by Crippen LogP contribution is -2.36. The highest BCUT2D eigenvalue weighted by Gasteiger charge is 2.08. The summed E-state index contributed by atoms with van der Waals surface area (Å²) in [5, 5.41) is 3.45. The summed E-state index contributed by atoms with van der Waals surface area (Å²) in [5.74, 6) is 0. The van der Waals surface area contributed by atoms with E-state index in [-0.39, 0.29) is 0 Å². The van der Waals surface area contributed by atoms with Gasteiger partial charge in [-0.15, -0.1) is 0 Å². The van der Waals surface area contributed by atoms with Crippen LogP contribution in [0.5, 0.6) is 0 Å². The van der Waals surface area contributed by atoms with Crippen LogP contribution in [-0.2, 0) is 0 Å². The number of nitrogens with zero attached hydrogens (tertiary/aromatic N) is 1. The van der Waals surface area contributed by atoms with E-state index >= 15 is 0 Å². The zero-order chi connectivity index (χ0) is 12.7. The van der Waals surface area contributed by atoms with E-state index in [1.54, 1.807) is 0 Å². The highest BCUT2D eigenvalue weighted by molar-refractivity contribution is 9.10. The van der Waals surface area contributed by atoms with Crippen molar-refractivity contribution in [2.45, 2.75) is 33.2 Å². The van der Waals surface area contributed by atoms with Gasteiger partial charge in [-0.2, -0.15) is 0 Å². The van der Waals surface area contributed by atoms with Crippen molar-refractivity contribution in [3.63, 3.8) is 0 Å². The average molecular weight is 299 g/mol. The van der Waals surface area contributed by atoms with Crippen LogP contribution in [0.3, 0.4) is 0 Å². The molecule has 0 saturated heterocycles. The predicted molar refractivity (Wildman–Crippen MR) is 79.6 cm³/mol. The van der Waals surface area contributed by atoms with Gasteiger partial charge in [0.05, 0.1) is 0 Å². The van der Waals surface area contributed by atoms with E-state index in [4.69, 9.17) is 0 Å². The summed E-state index contributed by atoms with van der Waals surface area (Å²) < 4.78 is 1.12. The first kappa shape index (κ1) is 14.5. The number of halogens is 1. The molecule has 0 aromatic heterocycles. The smallest absolute Gasteiger partial charge is 0.0341 e. The average Bonchev–Trinajstić information content (AvgIpc) is 2.36. The van der Waals surface area contributed by atoms with Gasteiger partial charge in [0, 0.05) is 29.3 Å². The Hall–Kier alpha value is -0.540. The molecule has 1 aromatic carbocycles. The quantitative estimate of drug-likeness (QED) is 0.819. The number of likely N-dealkylation sites (N-methyl/N-ethyl adjacent to an activating group) is 1. The molecule has 0 aliphatic carbocycles. The Morgan fingerprint density at radius 1 is 1.24 bits per heavy atom. The molecule has 2 nitrogen and oxygen atoms in total. The van der Waals surface area contributed by atoms with Crippen LogP contribution in [0.15, 0.2) is 28.7 Å². The molecule has 0 heterocycles. The number of benzene rings is 1. The first-order valence-corrected chi connectivity index (χ1v) is 7.20. The second-order valence-electron chi connectivity index (χ2n) is 4.32. The zero-order valence-electron chi connectivity index (χ0n) is 11.0. The molecule has 0 aliphatic rings. The van der Waals surface area contributed by atoms with Crippen LogP contribution in [0.25, 0.3) is 0 Å². The van der Waals surface area contributed by atoms with Crippen molar-refractivity contribution in [3.8, 4) is 0 Å². The van der Waals surface area contributed by atoms with Gasteiger partial charge < -0.3 is 5.32 Å². The van der Waals surface area contributed by atoms with Crippen LogP contribution >= 0.6 is 15.9 Å². The Morgan fingerprint density at radius 2 is 1.88 bits per heavy atom. The molecule has 0 bridgehead atoms. The summed E-state index contributed by atoms with van der Waals surface area (Å²) in [7, 11) is 0. The molecule has 0 radical (unpaired) electrons. The number of rotatable bonds is 7. The van der Waals surface area contributed by atoms with Crippen LogP contribution in [0.1, 0.15) is 27.2 Å². The first-order valence-electron chi connectivity index (χ1n) is 6.40. The topological polar surface area (TPSA) is 15.3 Å². The van der Waals surface area contributed by atoms with E-state index in [1.165, 1.54) is 12.1 Å². The number of hydrogen-bond acceptors (Lipinski definition) is 2. The van der Waals surface area contributed by atoms with Gasteiger partial charge >= 0.3 is 0 Å². The van der Waals surface area contributed by atoms with Crippen LogP contribution < -0.4 is 5.32 Å². The molecule has 1 rings (SSSR count). The van der Waals surface area contributed by atoms with Gasteiger partial charge in [-0.1, -0.05) is 29.8 Å². The van der Waals surface area contributed by atoms with Gasteiger partial charge in [-0.05, 0) is 44.2 Å². The molecule has 0 fully saturated rings. The molecule has 3 heteroatoms. The molecular weight excluding hydrogens is 276 g/mol. The largest absolute Gasteiger partial charge is 0.384 e. The van der Waals surface area contributed by atoms with Crippen LogP contribution in [0.4, 0.5) is 5.69 Å². The summed E-state index contributed by atoms with van der Waals surface area (Å²) in [6.07, 6.45) is 1.21. The van der Waals surface area contributed by atoms with Crippen molar-refractivity contribution in [1.82, 2.24) is 4.90 Å². The Balaban J connectivity index is 2.33. The molecule has 0 saturated carbocycles. The van der Waals surface area contributed by atoms with E-state index in [0.717, 1.165) is 24.1 Å². The molecule has 17 heavy (non-hydrogen) atoms. The maximum Gasteiger partial charge on any atom is 0.0341 e. The van der Waals surface area contributed by atoms with Crippen molar-refractivity contribution < 1.29 is 0 Å². The Morgan fingerprint density at radius 3 is 2.41 bits per heavy atom. The third kappa shape index (κ3) is 5.09. The monoisotopic (exact) mass is 298 g/mol. The predicted octanol–water partition coefficient (Wildman–Crippen LogP) is 3.98. The summed E-state index contributed by atoms with van der Waals surface area (Å²) in [5.41, 5.74) is 1.19. The van der Waals surface area contributed by atoms with Gasteiger partial charge in [0.1, 0.15) is 0 Å². The van der Waals surface area contributed by atoms with Crippen molar-refractivity contribution in [2.75, 3.05) is 25.0 Å². The van der Waals surface area contributed by atoms with Crippen LogP contribution in [-0.4, -0.2) is 30.6 Å². The molecular formula is C14H23BrN2. The third-order valence-electron chi connectivity index (χ3n) is 3.19. The highest BCUT2D eigenvalue weighted by Crippen LogP contribution is 2.13. The lowest BCUT2D eigenvalue weighted by molar-refractivity contribution is 0.223. The van der Waals surface area contributed by atoms with Gasteiger partial charge in [0.15, 0.2) is 0 Å². The molecule has 0 aliphatic heterocycles. The minimum atomic E-state index is 0.673. The maximum absolute atomic E-state index is 3.45. The highest BCUT2D eigenvalue weighted by atomic mass is 79.9. The van der Waals surface area contributed by atoms with E-state index in [1.807, 2.05) is 0 Å². The van der Waals surface area contributed by atoms with Crippen molar-refractivity contribution in [3.05, 3.63) is 28.7 Å². The van der Waals surface area contributed by atoms with Gasteiger partial charge in [0.25, 0.3) is 0 Å². The zero-order valence-corrected chi connectivity index (χ0v) is 12.6. The lowest BCUT2D eigenvalue weighted by atomic mass is 10.2. The van der Waals surface area contributed by atoms with Crippen LogP contribution in [0.2, 0.25) is 0 Å². The number of hydrogen-bond donors (Lipinski definition) is 1. The fourth-order valence-electron chi connectivity index (χ4n) is 1.86. The van der Waals surface area contributed by atoms with Crippen molar-refractivity contribution in [2.24, 2.45) is 0 Å². The van der Waals surface area contributed by atoms with Gasteiger partial charge in [-0.25, -0.2) is 0 Å². The van der Waals surface area contributed by atoms with E-state index in [2.05, 4.69) is 71.2 Å².